The van der Waals surface area contributed by atoms with Crippen LogP contribution in [0.5, 0.6) is 23.0 Å². The van der Waals surface area contributed by atoms with E-state index in [9.17, 15) is 9.59 Å². The third kappa shape index (κ3) is 5.46. The second-order valence-corrected chi connectivity index (χ2v) is 5.30. The number of aldehydes is 2. The number of hydrogen-bond acceptors (Lipinski definition) is 7. The zero-order chi connectivity index (χ0) is 19.5. The van der Waals surface area contributed by atoms with Gasteiger partial charge in [0.15, 0.2) is 35.6 Å². The second-order valence-electron chi connectivity index (χ2n) is 5.30. The first kappa shape index (κ1) is 20.3. The third-order valence-electron chi connectivity index (χ3n) is 3.66. The zero-order valence-corrected chi connectivity index (χ0v) is 15.3. The van der Waals surface area contributed by atoms with E-state index in [0.29, 0.717) is 59.9 Å². The van der Waals surface area contributed by atoms with Crippen LogP contribution in [0.4, 0.5) is 0 Å². The van der Waals surface area contributed by atoms with Gasteiger partial charge in [0, 0.05) is 0 Å². The van der Waals surface area contributed by atoms with Crippen LogP contribution in [0.3, 0.4) is 0 Å². The molecule has 2 aromatic rings. The minimum absolute atomic E-state index is 0.245. The predicted molar refractivity (Wildman–Crippen MR) is 98.6 cm³/mol. The molecule has 0 aromatic heterocycles. The topological polar surface area (TPSA) is 80.3 Å². The number of carbonyl (C=O) groups excluding carboxylic acids is 2. The van der Waals surface area contributed by atoms with Gasteiger partial charge in [-0.25, -0.2) is 0 Å². The van der Waals surface area contributed by atoms with E-state index in [1.54, 1.807) is 36.4 Å². The van der Waals surface area contributed by atoms with Gasteiger partial charge in [-0.3, -0.25) is 9.59 Å². The van der Waals surface area contributed by atoms with Crippen molar-refractivity contribution in [1.29, 1.82) is 0 Å². The van der Waals surface area contributed by atoms with E-state index in [2.05, 4.69) is 0 Å². The van der Waals surface area contributed by atoms with Crippen LogP contribution >= 0.6 is 0 Å². The first-order valence-electron chi connectivity index (χ1n) is 8.32. The van der Waals surface area contributed by atoms with Crippen LogP contribution in [0.1, 0.15) is 20.7 Å². The Morgan fingerprint density at radius 1 is 0.704 bits per heavy atom. The summed E-state index contributed by atoms with van der Waals surface area (Å²) in [6.07, 6.45) is 1.43. The van der Waals surface area contributed by atoms with Gasteiger partial charge in [-0.15, -0.1) is 0 Å². The van der Waals surface area contributed by atoms with Crippen molar-refractivity contribution in [3.05, 3.63) is 47.5 Å². The first-order valence-corrected chi connectivity index (χ1v) is 8.32. The van der Waals surface area contributed by atoms with Crippen LogP contribution < -0.4 is 18.9 Å². The number of benzene rings is 2. The summed E-state index contributed by atoms with van der Waals surface area (Å²) in [6.45, 7) is 1.09. The zero-order valence-electron chi connectivity index (χ0n) is 15.3. The summed E-state index contributed by atoms with van der Waals surface area (Å²) in [5.41, 5.74) is 0.825. The van der Waals surface area contributed by atoms with Crippen molar-refractivity contribution in [2.45, 2.75) is 0 Å². The van der Waals surface area contributed by atoms with Gasteiger partial charge in [0.1, 0.15) is 13.2 Å². The molecule has 0 fully saturated rings. The molecular formula is C20H22O7. The Balaban J connectivity index is 1.77. The lowest BCUT2D eigenvalue weighted by Crippen LogP contribution is -2.13. The molecule has 0 amide bonds. The number of hydrogen-bond donors (Lipinski definition) is 0. The highest BCUT2D eigenvalue weighted by Gasteiger charge is 2.11. The fraction of sp³-hybridized carbons (Fsp3) is 0.300. The first-order chi connectivity index (χ1) is 13.2. The Bertz CT molecular complexity index is 694. The van der Waals surface area contributed by atoms with Crippen molar-refractivity contribution in [1.82, 2.24) is 0 Å². The van der Waals surface area contributed by atoms with E-state index in [1.807, 2.05) is 0 Å². The van der Waals surface area contributed by atoms with Gasteiger partial charge in [-0.05, 0) is 24.3 Å². The summed E-state index contributed by atoms with van der Waals surface area (Å²) < 4.78 is 27.0. The van der Waals surface area contributed by atoms with E-state index in [1.165, 1.54) is 14.2 Å². The van der Waals surface area contributed by atoms with Crippen molar-refractivity contribution in [2.75, 3.05) is 40.6 Å². The highest BCUT2D eigenvalue weighted by molar-refractivity contribution is 5.81. The molecule has 0 radical (unpaired) electrons. The molecule has 0 aliphatic carbocycles. The molecule has 0 spiro atoms. The standard InChI is InChI=1S/C20H22O7/c1-23-17-7-3-5-15(13-21)19(17)26-11-9-25-10-12-27-20-16(14-22)6-4-8-18(20)24-2/h3-8,13-14H,9-12H2,1-2H3. The lowest BCUT2D eigenvalue weighted by atomic mass is 10.2. The second kappa shape index (κ2) is 10.8. The number of carbonyl (C=O) groups is 2. The molecule has 27 heavy (non-hydrogen) atoms. The predicted octanol–water partition coefficient (Wildman–Crippen LogP) is 2.80. The molecule has 0 saturated carbocycles. The molecule has 0 saturated heterocycles. The van der Waals surface area contributed by atoms with Gasteiger partial charge in [0.2, 0.25) is 0 Å². The van der Waals surface area contributed by atoms with Gasteiger partial charge in [-0.1, -0.05) is 12.1 Å². The highest BCUT2D eigenvalue weighted by atomic mass is 16.6. The fourth-order valence-corrected chi connectivity index (χ4v) is 2.39. The lowest BCUT2D eigenvalue weighted by molar-refractivity contribution is 0.0743. The monoisotopic (exact) mass is 374 g/mol. The Morgan fingerprint density at radius 3 is 1.52 bits per heavy atom. The molecular weight excluding hydrogens is 352 g/mol. The average molecular weight is 374 g/mol. The normalized spacial score (nSPS) is 10.1. The summed E-state index contributed by atoms with van der Waals surface area (Å²) in [5, 5.41) is 0. The minimum atomic E-state index is 0.245. The lowest BCUT2D eigenvalue weighted by Gasteiger charge is -2.14. The molecule has 144 valence electrons. The van der Waals surface area contributed by atoms with E-state index < -0.39 is 0 Å². The Labute approximate surface area is 157 Å². The molecule has 0 bridgehead atoms. The molecule has 7 nitrogen and oxygen atoms in total. The van der Waals surface area contributed by atoms with Crippen molar-refractivity contribution >= 4 is 12.6 Å². The molecule has 0 N–H and O–H groups in total. The largest absolute Gasteiger partial charge is 0.493 e. The number of para-hydroxylation sites is 2. The van der Waals surface area contributed by atoms with Gasteiger partial charge in [-0.2, -0.15) is 0 Å². The van der Waals surface area contributed by atoms with Crippen LogP contribution in [0.15, 0.2) is 36.4 Å². The molecule has 0 aliphatic rings. The van der Waals surface area contributed by atoms with Crippen molar-refractivity contribution in [2.24, 2.45) is 0 Å². The average Bonchev–Trinajstić information content (AvgIpc) is 2.72. The van der Waals surface area contributed by atoms with Crippen LogP contribution in [-0.4, -0.2) is 53.2 Å². The van der Waals surface area contributed by atoms with E-state index in [0.717, 1.165) is 0 Å². The summed E-state index contributed by atoms with van der Waals surface area (Å²) >= 11 is 0. The van der Waals surface area contributed by atoms with Crippen molar-refractivity contribution in [3.63, 3.8) is 0 Å². The molecule has 7 heteroatoms. The van der Waals surface area contributed by atoms with Gasteiger partial charge in [0.05, 0.1) is 38.6 Å². The number of rotatable bonds is 12. The summed E-state index contributed by atoms with van der Waals surface area (Å²) in [4.78, 5) is 22.2. The summed E-state index contributed by atoms with van der Waals surface area (Å²) in [5.74, 6) is 1.75. The van der Waals surface area contributed by atoms with Crippen LogP contribution in [0.2, 0.25) is 0 Å². The molecule has 0 atom stereocenters. The third-order valence-corrected chi connectivity index (χ3v) is 3.66. The van der Waals surface area contributed by atoms with Gasteiger partial charge in [0.25, 0.3) is 0 Å². The van der Waals surface area contributed by atoms with Crippen molar-refractivity contribution in [3.8, 4) is 23.0 Å². The summed E-state index contributed by atoms with van der Waals surface area (Å²) in [7, 11) is 3.02. The van der Waals surface area contributed by atoms with Gasteiger partial charge >= 0.3 is 0 Å². The maximum absolute atomic E-state index is 11.1. The molecule has 2 aromatic carbocycles. The van der Waals surface area contributed by atoms with Crippen LogP contribution in [0.25, 0.3) is 0 Å². The Hall–Kier alpha value is -3.06. The molecule has 0 aliphatic heterocycles. The molecule has 0 heterocycles. The number of methoxy groups -OCH3 is 2. The Kier molecular flexibility index (Phi) is 8.12. The smallest absolute Gasteiger partial charge is 0.171 e. The van der Waals surface area contributed by atoms with Gasteiger partial charge < -0.3 is 23.7 Å². The maximum Gasteiger partial charge on any atom is 0.171 e. The minimum Gasteiger partial charge on any atom is -0.493 e. The van der Waals surface area contributed by atoms with E-state index in [-0.39, 0.29) is 13.2 Å². The Morgan fingerprint density at radius 2 is 1.15 bits per heavy atom. The molecule has 2 rings (SSSR count). The fourth-order valence-electron chi connectivity index (χ4n) is 2.39. The van der Waals surface area contributed by atoms with Crippen molar-refractivity contribution < 1.29 is 33.3 Å². The molecule has 0 unspecified atom stereocenters. The van der Waals surface area contributed by atoms with Crippen LogP contribution in [0, 0.1) is 0 Å². The van der Waals surface area contributed by atoms with Crippen LogP contribution in [-0.2, 0) is 4.74 Å². The highest BCUT2D eigenvalue weighted by Crippen LogP contribution is 2.30. The number of ether oxygens (including phenoxy) is 5. The summed E-state index contributed by atoms with van der Waals surface area (Å²) in [6, 6.07) is 10.2. The van der Waals surface area contributed by atoms with E-state index in [4.69, 9.17) is 23.7 Å². The quantitative estimate of drug-likeness (QED) is 0.417. The van der Waals surface area contributed by atoms with E-state index >= 15 is 0 Å². The maximum atomic E-state index is 11.1. The SMILES string of the molecule is COc1cccc(C=O)c1OCCOCCOc1c(C=O)cccc1OC.